The van der Waals surface area contributed by atoms with Gasteiger partial charge in [-0.15, -0.1) is 0 Å². The first kappa shape index (κ1) is 22.2. The zero-order valence-electron chi connectivity index (χ0n) is 17.9. The molecule has 0 aromatic heterocycles. The van der Waals surface area contributed by atoms with Crippen molar-refractivity contribution in [3.8, 4) is 0 Å². The topological polar surface area (TPSA) is 105 Å². The molecule has 3 aliphatic rings. The minimum atomic E-state index is -3.95. The third-order valence-electron chi connectivity index (χ3n) is 6.18. The van der Waals surface area contributed by atoms with Gasteiger partial charge in [0.25, 0.3) is 21.8 Å². The summed E-state index contributed by atoms with van der Waals surface area (Å²) in [4.78, 5) is 27.6. The largest absolute Gasteiger partial charge is 0.381 e. The van der Waals surface area contributed by atoms with E-state index in [0.29, 0.717) is 32.3 Å². The standard InChI is InChI=1S/C21H29N3O6S/c1-14(2)24-21(26)17-4-3-15(11-19(17)31(24,27)28)20(25)22-12-18(16-5-8-30-13-16)23-6-9-29-10-7-23/h3-4,11,14,16,18H,5-10,12-13H2,1-2H3,(H,22,25). The first-order valence-corrected chi connectivity index (χ1v) is 12.1. The molecule has 10 heteroatoms. The number of carbonyl (C=O) groups is 2. The van der Waals surface area contributed by atoms with Gasteiger partial charge in [-0.3, -0.25) is 14.5 Å². The van der Waals surface area contributed by atoms with Crippen LogP contribution in [0.25, 0.3) is 0 Å². The molecule has 9 nitrogen and oxygen atoms in total. The molecule has 0 bridgehead atoms. The van der Waals surface area contributed by atoms with Crippen LogP contribution in [0.5, 0.6) is 0 Å². The van der Waals surface area contributed by atoms with E-state index in [1.807, 2.05) is 0 Å². The number of fused-ring (bicyclic) bond motifs is 1. The van der Waals surface area contributed by atoms with Crippen molar-refractivity contribution >= 4 is 21.8 Å². The predicted molar refractivity (Wildman–Crippen MR) is 112 cm³/mol. The maximum atomic E-state index is 12.9. The highest BCUT2D eigenvalue weighted by molar-refractivity contribution is 7.90. The Morgan fingerprint density at radius 3 is 2.58 bits per heavy atom. The highest BCUT2D eigenvalue weighted by Gasteiger charge is 2.43. The second-order valence-electron chi connectivity index (χ2n) is 8.46. The molecule has 1 aromatic rings. The molecule has 2 saturated heterocycles. The number of hydrogen-bond donors (Lipinski definition) is 1. The van der Waals surface area contributed by atoms with Crippen LogP contribution in [-0.4, -0.2) is 87.6 Å². The smallest absolute Gasteiger partial charge is 0.269 e. The Morgan fingerprint density at radius 2 is 1.94 bits per heavy atom. The molecular weight excluding hydrogens is 422 g/mol. The summed E-state index contributed by atoms with van der Waals surface area (Å²) in [7, 11) is -3.95. The second kappa shape index (κ2) is 8.85. The van der Waals surface area contributed by atoms with E-state index in [-0.39, 0.29) is 28.0 Å². The Kier molecular flexibility index (Phi) is 6.34. The van der Waals surface area contributed by atoms with Gasteiger partial charge in [-0.1, -0.05) is 0 Å². The summed E-state index contributed by atoms with van der Waals surface area (Å²) in [6, 6.07) is 3.88. The zero-order valence-corrected chi connectivity index (χ0v) is 18.7. The molecule has 4 rings (SSSR count). The van der Waals surface area contributed by atoms with E-state index in [1.165, 1.54) is 18.2 Å². The maximum absolute atomic E-state index is 12.9. The van der Waals surface area contributed by atoms with Crippen molar-refractivity contribution < 1.29 is 27.5 Å². The predicted octanol–water partition coefficient (Wildman–Crippen LogP) is 0.707. The summed E-state index contributed by atoms with van der Waals surface area (Å²) in [6.45, 7) is 8.07. The molecule has 2 atom stereocenters. The van der Waals surface area contributed by atoms with Crippen LogP contribution in [0.15, 0.2) is 23.1 Å². The second-order valence-corrected chi connectivity index (χ2v) is 10.2. The van der Waals surface area contributed by atoms with Crippen LogP contribution in [0.3, 0.4) is 0 Å². The van der Waals surface area contributed by atoms with Crippen LogP contribution in [0, 0.1) is 5.92 Å². The third kappa shape index (κ3) is 4.21. The van der Waals surface area contributed by atoms with E-state index in [1.54, 1.807) is 13.8 Å². The van der Waals surface area contributed by atoms with Gasteiger partial charge in [-0.25, -0.2) is 12.7 Å². The van der Waals surface area contributed by atoms with Crippen molar-refractivity contribution in [3.63, 3.8) is 0 Å². The number of benzene rings is 1. The summed E-state index contributed by atoms with van der Waals surface area (Å²) >= 11 is 0. The molecule has 0 saturated carbocycles. The lowest BCUT2D eigenvalue weighted by Crippen LogP contribution is -2.52. The molecule has 3 heterocycles. The Labute approximate surface area is 182 Å². The average molecular weight is 452 g/mol. The number of hydrogen-bond acceptors (Lipinski definition) is 7. The Bertz CT molecular complexity index is 952. The minimum absolute atomic E-state index is 0.104. The summed E-state index contributed by atoms with van der Waals surface area (Å²) in [5.41, 5.74) is 0.337. The van der Waals surface area contributed by atoms with Gasteiger partial charge in [0.1, 0.15) is 4.90 Å². The first-order chi connectivity index (χ1) is 14.8. The summed E-state index contributed by atoms with van der Waals surface area (Å²) in [5.74, 6) is -0.577. The lowest BCUT2D eigenvalue weighted by molar-refractivity contribution is 0.00166. The van der Waals surface area contributed by atoms with Crippen molar-refractivity contribution in [2.24, 2.45) is 5.92 Å². The van der Waals surface area contributed by atoms with E-state index < -0.39 is 22.0 Å². The molecule has 0 aliphatic carbocycles. The molecule has 0 spiro atoms. The highest BCUT2D eigenvalue weighted by atomic mass is 32.2. The van der Waals surface area contributed by atoms with Crippen LogP contribution >= 0.6 is 0 Å². The van der Waals surface area contributed by atoms with Crippen molar-refractivity contribution in [1.29, 1.82) is 0 Å². The summed E-state index contributed by atoms with van der Waals surface area (Å²) in [5, 5.41) is 2.97. The molecule has 2 unspecified atom stereocenters. The van der Waals surface area contributed by atoms with E-state index >= 15 is 0 Å². The molecular formula is C21H29N3O6S. The fraction of sp³-hybridized carbons (Fsp3) is 0.619. The maximum Gasteiger partial charge on any atom is 0.269 e. The number of amides is 2. The molecule has 0 radical (unpaired) electrons. The average Bonchev–Trinajstić information content (AvgIpc) is 3.34. The third-order valence-corrected chi connectivity index (χ3v) is 8.17. The van der Waals surface area contributed by atoms with Crippen molar-refractivity contribution in [3.05, 3.63) is 29.3 Å². The molecule has 3 aliphatic heterocycles. The normalized spacial score (nSPS) is 24.4. The number of ether oxygens (including phenoxy) is 2. The summed E-state index contributed by atoms with van der Waals surface area (Å²) < 4.78 is 37.5. The van der Waals surface area contributed by atoms with Crippen molar-refractivity contribution in [2.75, 3.05) is 46.1 Å². The van der Waals surface area contributed by atoms with E-state index in [4.69, 9.17) is 9.47 Å². The summed E-state index contributed by atoms with van der Waals surface area (Å²) in [6.07, 6.45) is 0.947. The Hall–Kier alpha value is -2.01. The van der Waals surface area contributed by atoms with Gasteiger partial charge < -0.3 is 14.8 Å². The van der Waals surface area contributed by atoms with Crippen LogP contribution in [-0.2, 0) is 19.5 Å². The Balaban J connectivity index is 1.50. The van der Waals surface area contributed by atoms with E-state index in [2.05, 4.69) is 10.2 Å². The van der Waals surface area contributed by atoms with Gasteiger partial charge in [0.05, 0.1) is 25.4 Å². The number of morpholine rings is 1. The SMILES string of the molecule is CC(C)N1C(=O)c2ccc(C(=O)NCC(C3CCOC3)N3CCOCC3)cc2S1(=O)=O. The van der Waals surface area contributed by atoms with Crippen LogP contribution in [0.2, 0.25) is 0 Å². The number of nitrogens with zero attached hydrogens (tertiary/aromatic N) is 2. The number of sulfonamides is 1. The lowest BCUT2D eigenvalue weighted by atomic mass is 9.96. The fourth-order valence-corrected chi connectivity index (χ4v) is 6.35. The van der Waals surface area contributed by atoms with Crippen molar-refractivity contribution in [1.82, 2.24) is 14.5 Å². The Morgan fingerprint density at radius 1 is 1.19 bits per heavy atom. The fourth-order valence-electron chi connectivity index (χ4n) is 4.56. The number of carbonyl (C=O) groups excluding carboxylic acids is 2. The lowest BCUT2D eigenvalue weighted by Gasteiger charge is -2.37. The van der Waals surface area contributed by atoms with Crippen molar-refractivity contribution in [2.45, 2.75) is 37.2 Å². The zero-order chi connectivity index (χ0) is 22.2. The molecule has 1 N–H and O–H groups in total. The molecule has 2 fully saturated rings. The molecule has 31 heavy (non-hydrogen) atoms. The van der Waals surface area contributed by atoms with Gasteiger partial charge in [-0.05, 0) is 38.5 Å². The molecule has 1 aromatic carbocycles. The van der Waals surface area contributed by atoms with Gasteiger partial charge in [0.15, 0.2) is 0 Å². The molecule has 170 valence electrons. The van der Waals surface area contributed by atoms with Crippen LogP contribution in [0.4, 0.5) is 0 Å². The highest BCUT2D eigenvalue weighted by Crippen LogP contribution is 2.32. The van der Waals surface area contributed by atoms with Gasteiger partial charge >= 0.3 is 0 Å². The quantitative estimate of drug-likeness (QED) is 0.679. The van der Waals surface area contributed by atoms with Crippen LogP contribution < -0.4 is 5.32 Å². The monoisotopic (exact) mass is 451 g/mol. The van der Waals surface area contributed by atoms with Gasteiger partial charge in [-0.2, -0.15) is 0 Å². The van der Waals surface area contributed by atoms with Gasteiger partial charge in [0.2, 0.25) is 0 Å². The van der Waals surface area contributed by atoms with Gasteiger partial charge in [0, 0.05) is 49.8 Å². The van der Waals surface area contributed by atoms with E-state index in [0.717, 1.165) is 30.4 Å². The minimum Gasteiger partial charge on any atom is -0.381 e. The molecule has 2 amide bonds. The van der Waals surface area contributed by atoms with Crippen LogP contribution in [0.1, 0.15) is 41.0 Å². The van der Waals surface area contributed by atoms with E-state index in [9.17, 15) is 18.0 Å². The number of rotatable bonds is 6. The first-order valence-electron chi connectivity index (χ1n) is 10.7. The number of nitrogens with one attached hydrogen (secondary N) is 1.